The van der Waals surface area contributed by atoms with Crippen molar-refractivity contribution >= 4 is 28.2 Å². The van der Waals surface area contributed by atoms with Crippen LogP contribution in [-0.2, 0) is 17.6 Å². The maximum absolute atomic E-state index is 13.0. The van der Waals surface area contributed by atoms with Crippen molar-refractivity contribution in [2.45, 2.75) is 38.5 Å². The van der Waals surface area contributed by atoms with Crippen LogP contribution in [0.5, 0.6) is 5.75 Å². The fourth-order valence-corrected chi connectivity index (χ4v) is 5.50. The van der Waals surface area contributed by atoms with Crippen LogP contribution in [0, 0.1) is 5.92 Å². The average Bonchev–Trinajstić information content (AvgIpc) is 3.26. The molecule has 2 aromatic heterocycles. The van der Waals surface area contributed by atoms with E-state index in [4.69, 9.17) is 4.74 Å². The van der Waals surface area contributed by atoms with E-state index in [-0.39, 0.29) is 11.8 Å². The number of nitrogens with zero attached hydrogens (tertiary/aromatic N) is 4. The minimum absolute atomic E-state index is 0.0604. The number of nitrogens with one attached hydrogen (secondary N) is 1. The number of anilines is 2. The van der Waals surface area contributed by atoms with Gasteiger partial charge in [-0.1, -0.05) is 0 Å². The van der Waals surface area contributed by atoms with Crippen LogP contribution < -0.4 is 15.0 Å². The highest BCUT2D eigenvalue weighted by molar-refractivity contribution is 7.15. The molecule has 1 unspecified atom stereocenters. The van der Waals surface area contributed by atoms with E-state index >= 15 is 0 Å². The standard InChI is InChI=1S/C24H27N5O2S/c1-31-18-10-8-16(9-11-18)20-13-22(26-15-25-20)29-12-4-5-17(14-29)23(30)28-24-27-19-6-2-3-7-21(19)32-24/h8-11,13,15,17H,2-7,12,14H2,1H3,(H,27,28,30). The Morgan fingerprint density at radius 1 is 1.16 bits per heavy atom. The number of benzene rings is 1. The fraction of sp³-hybridized carbons (Fsp3) is 0.417. The number of hydrogen-bond donors (Lipinski definition) is 1. The first kappa shape index (κ1) is 20.9. The van der Waals surface area contributed by atoms with Gasteiger partial charge in [-0.05, 0) is 62.8 Å². The molecule has 166 valence electrons. The Morgan fingerprint density at radius 2 is 2.00 bits per heavy atom. The lowest BCUT2D eigenvalue weighted by Gasteiger charge is -2.32. The number of amides is 1. The SMILES string of the molecule is COc1ccc(-c2cc(N3CCCC(C(=O)Nc4nc5c(s4)CCCC5)C3)ncn2)cc1. The minimum atomic E-state index is -0.0796. The van der Waals surface area contributed by atoms with Gasteiger partial charge in [0.25, 0.3) is 0 Å². The first-order chi connectivity index (χ1) is 15.7. The molecule has 3 heterocycles. The molecule has 1 atom stereocenters. The van der Waals surface area contributed by atoms with E-state index in [0.29, 0.717) is 6.54 Å². The number of carbonyl (C=O) groups is 1. The molecule has 1 aromatic carbocycles. The monoisotopic (exact) mass is 449 g/mol. The van der Waals surface area contributed by atoms with Gasteiger partial charge in [0, 0.05) is 29.6 Å². The number of thiazole rings is 1. The smallest absolute Gasteiger partial charge is 0.231 e. The first-order valence-corrected chi connectivity index (χ1v) is 12.0. The first-order valence-electron chi connectivity index (χ1n) is 11.2. The molecule has 0 spiro atoms. The molecule has 1 aliphatic carbocycles. The zero-order valence-corrected chi connectivity index (χ0v) is 19.0. The quantitative estimate of drug-likeness (QED) is 0.624. The maximum atomic E-state index is 13.0. The molecule has 5 rings (SSSR count). The highest BCUT2D eigenvalue weighted by Crippen LogP contribution is 2.31. The maximum Gasteiger partial charge on any atom is 0.231 e. The summed E-state index contributed by atoms with van der Waals surface area (Å²) >= 11 is 1.64. The lowest BCUT2D eigenvalue weighted by Crippen LogP contribution is -2.41. The van der Waals surface area contributed by atoms with E-state index in [9.17, 15) is 4.79 Å². The molecule has 0 bridgehead atoms. The van der Waals surface area contributed by atoms with E-state index in [2.05, 4.69) is 25.2 Å². The van der Waals surface area contributed by atoms with Crippen LogP contribution in [0.3, 0.4) is 0 Å². The van der Waals surface area contributed by atoms with E-state index < -0.39 is 0 Å². The van der Waals surface area contributed by atoms with E-state index in [1.165, 1.54) is 23.4 Å². The summed E-state index contributed by atoms with van der Waals surface area (Å²) in [5, 5.41) is 3.84. The Bertz CT molecular complexity index is 1070. The number of piperidine rings is 1. The van der Waals surface area contributed by atoms with Crippen LogP contribution in [0.2, 0.25) is 0 Å². The van der Waals surface area contributed by atoms with Crippen LogP contribution in [0.1, 0.15) is 36.3 Å². The Morgan fingerprint density at radius 3 is 2.81 bits per heavy atom. The average molecular weight is 450 g/mol. The van der Waals surface area contributed by atoms with Crippen molar-refractivity contribution < 1.29 is 9.53 Å². The van der Waals surface area contributed by atoms with Crippen LogP contribution in [0.25, 0.3) is 11.3 Å². The number of hydrogen-bond acceptors (Lipinski definition) is 7. The molecule has 32 heavy (non-hydrogen) atoms. The Labute approximate surface area is 191 Å². The highest BCUT2D eigenvalue weighted by atomic mass is 32.1. The summed E-state index contributed by atoms with van der Waals surface area (Å²) in [7, 11) is 1.66. The van der Waals surface area contributed by atoms with Crippen LogP contribution in [0.4, 0.5) is 10.9 Å². The molecule has 1 amide bonds. The Kier molecular flexibility index (Phi) is 6.03. The fourth-order valence-electron chi connectivity index (χ4n) is 4.45. The van der Waals surface area contributed by atoms with E-state index in [0.717, 1.165) is 60.2 Å². The van der Waals surface area contributed by atoms with Crippen molar-refractivity contribution in [2.75, 3.05) is 30.4 Å². The molecule has 1 N–H and O–H groups in total. The van der Waals surface area contributed by atoms with E-state index in [1.807, 2.05) is 30.3 Å². The summed E-state index contributed by atoms with van der Waals surface area (Å²) in [4.78, 5) is 30.1. The second-order valence-electron chi connectivity index (χ2n) is 8.36. The minimum Gasteiger partial charge on any atom is -0.497 e. The van der Waals surface area contributed by atoms with Crippen LogP contribution in [-0.4, -0.2) is 41.1 Å². The topological polar surface area (TPSA) is 80.2 Å². The molecule has 1 aliphatic heterocycles. The number of aryl methyl sites for hydroxylation is 2. The highest BCUT2D eigenvalue weighted by Gasteiger charge is 2.28. The van der Waals surface area contributed by atoms with Gasteiger partial charge in [-0.25, -0.2) is 15.0 Å². The van der Waals surface area contributed by atoms with Crippen LogP contribution >= 0.6 is 11.3 Å². The largest absolute Gasteiger partial charge is 0.497 e. The second kappa shape index (κ2) is 9.24. The van der Waals surface area contributed by atoms with Gasteiger partial charge in [0.2, 0.25) is 5.91 Å². The molecule has 3 aromatic rings. The third-order valence-corrected chi connectivity index (χ3v) is 7.30. The molecule has 7 nitrogen and oxygen atoms in total. The van der Waals surface area contributed by atoms with Gasteiger partial charge in [-0.3, -0.25) is 4.79 Å². The predicted octanol–water partition coefficient (Wildman–Crippen LogP) is 4.34. The lowest BCUT2D eigenvalue weighted by molar-refractivity contribution is -0.120. The van der Waals surface area contributed by atoms with Gasteiger partial charge < -0.3 is 15.0 Å². The molecule has 0 saturated carbocycles. The Hall–Kier alpha value is -3.00. The van der Waals surface area contributed by atoms with Gasteiger partial charge in [0.15, 0.2) is 5.13 Å². The molecule has 1 fully saturated rings. The zero-order valence-electron chi connectivity index (χ0n) is 18.2. The van der Waals surface area contributed by atoms with Crippen molar-refractivity contribution in [3.8, 4) is 17.0 Å². The summed E-state index contributed by atoms with van der Waals surface area (Å²) in [6, 6.07) is 9.83. The predicted molar refractivity (Wildman–Crippen MR) is 126 cm³/mol. The molecular formula is C24H27N5O2S. The number of ether oxygens (including phenoxy) is 1. The third kappa shape index (κ3) is 4.46. The number of aromatic nitrogens is 3. The van der Waals surface area contributed by atoms with Gasteiger partial charge in [0.05, 0.1) is 24.4 Å². The van der Waals surface area contributed by atoms with E-state index in [1.54, 1.807) is 24.8 Å². The number of methoxy groups -OCH3 is 1. The van der Waals surface area contributed by atoms with Crippen molar-refractivity contribution in [3.05, 3.63) is 47.2 Å². The number of fused-ring (bicyclic) bond motifs is 1. The number of rotatable bonds is 5. The lowest BCUT2D eigenvalue weighted by atomic mass is 9.97. The van der Waals surface area contributed by atoms with Gasteiger partial charge >= 0.3 is 0 Å². The normalized spacial score (nSPS) is 18.2. The van der Waals surface area contributed by atoms with Crippen LogP contribution in [0.15, 0.2) is 36.7 Å². The van der Waals surface area contributed by atoms with Crippen molar-refractivity contribution in [2.24, 2.45) is 5.92 Å². The summed E-state index contributed by atoms with van der Waals surface area (Å²) in [5.41, 5.74) is 3.04. The van der Waals surface area contributed by atoms with Crippen molar-refractivity contribution in [3.63, 3.8) is 0 Å². The molecule has 8 heteroatoms. The van der Waals surface area contributed by atoms with Gasteiger partial charge in [-0.15, -0.1) is 11.3 Å². The summed E-state index contributed by atoms with van der Waals surface area (Å²) < 4.78 is 5.24. The summed E-state index contributed by atoms with van der Waals surface area (Å²) in [5.74, 6) is 1.65. The molecule has 1 saturated heterocycles. The molecular weight excluding hydrogens is 422 g/mol. The summed E-state index contributed by atoms with van der Waals surface area (Å²) in [6.07, 6.45) is 7.96. The Balaban J connectivity index is 1.27. The van der Waals surface area contributed by atoms with Crippen molar-refractivity contribution in [1.82, 2.24) is 15.0 Å². The third-order valence-electron chi connectivity index (χ3n) is 6.23. The van der Waals surface area contributed by atoms with Gasteiger partial charge in [-0.2, -0.15) is 0 Å². The van der Waals surface area contributed by atoms with Gasteiger partial charge in [0.1, 0.15) is 17.9 Å². The molecule has 2 aliphatic rings. The number of carbonyl (C=O) groups excluding carboxylic acids is 1. The zero-order chi connectivity index (χ0) is 21.9. The molecule has 0 radical (unpaired) electrons. The summed E-state index contributed by atoms with van der Waals surface area (Å²) in [6.45, 7) is 1.53. The second-order valence-corrected chi connectivity index (χ2v) is 9.44. The van der Waals surface area contributed by atoms with Crippen molar-refractivity contribution in [1.29, 1.82) is 0 Å².